The van der Waals surface area contributed by atoms with Crippen LogP contribution in [0.1, 0.15) is 74.5 Å². The molecule has 10 aromatic carbocycles. The second-order valence-electron chi connectivity index (χ2n) is 20.9. The Morgan fingerprint density at radius 2 is 0.855 bits per heavy atom. The van der Waals surface area contributed by atoms with Gasteiger partial charge in [0.05, 0.1) is 0 Å². The Labute approximate surface area is 439 Å². The largest absolute Gasteiger partial charge is 0.456 e. The summed E-state index contributed by atoms with van der Waals surface area (Å²) in [6.45, 7) is 17.3. The Balaban J connectivity index is 0.864. The lowest BCUT2D eigenvalue weighted by atomic mass is 9.98. The summed E-state index contributed by atoms with van der Waals surface area (Å²) in [6, 6.07) is 63.5. The van der Waals surface area contributed by atoms with E-state index in [1.165, 1.54) is 11.1 Å². The number of rotatable bonds is 10. The smallest absolute Gasteiger partial charge is 0.139 e. The molecule has 14 aromatic rings. The molecular formula is C70H54N2O4. The lowest BCUT2D eigenvalue weighted by Gasteiger charge is -2.26. The molecule has 0 atom stereocenters. The molecule has 0 aliphatic heterocycles. The van der Waals surface area contributed by atoms with Gasteiger partial charge in [-0.2, -0.15) is 0 Å². The van der Waals surface area contributed by atoms with Crippen molar-refractivity contribution in [2.24, 2.45) is 0 Å². The first-order chi connectivity index (χ1) is 37.1. The molecule has 0 aliphatic carbocycles. The van der Waals surface area contributed by atoms with E-state index < -0.39 is 0 Å². The number of allylic oxidation sites excluding steroid dienone is 1. The average Bonchev–Trinajstić information content (AvgIpc) is 4.32. The zero-order valence-corrected chi connectivity index (χ0v) is 43.4. The first-order valence-electron chi connectivity index (χ1n) is 26.3. The summed E-state index contributed by atoms with van der Waals surface area (Å²) in [7, 11) is 0. The van der Waals surface area contributed by atoms with Gasteiger partial charge in [0, 0.05) is 83.5 Å². The molecule has 6 nitrogen and oxygen atoms in total. The van der Waals surface area contributed by atoms with E-state index in [1.54, 1.807) is 0 Å². The van der Waals surface area contributed by atoms with Crippen LogP contribution in [-0.4, -0.2) is 0 Å². The van der Waals surface area contributed by atoms with Crippen molar-refractivity contribution in [1.82, 2.24) is 0 Å². The van der Waals surface area contributed by atoms with Crippen LogP contribution in [0.4, 0.5) is 34.1 Å². The molecule has 0 fully saturated rings. The van der Waals surface area contributed by atoms with E-state index in [4.69, 9.17) is 17.7 Å². The topological polar surface area (TPSA) is 59.0 Å². The number of benzene rings is 10. The van der Waals surface area contributed by atoms with Crippen LogP contribution in [-0.2, 0) is 0 Å². The second-order valence-corrected chi connectivity index (χ2v) is 20.9. The number of nitrogens with zero attached hydrogens (tertiary/aromatic N) is 2. The van der Waals surface area contributed by atoms with E-state index in [2.05, 4.69) is 215 Å². The van der Waals surface area contributed by atoms with E-state index in [0.29, 0.717) is 11.8 Å². The number of anilines is 6. The quantitative estimate of drug-likeness (QED) is 0.136. The van der Waals surface area contributed by atoms with Crippen molar-refractivity contribution in [1.29, 1.82) is 0 Å². The minimum absolute atomic E-state index is 0.422. The fourth-order valence-corrected chi connectivity index (χ4v) is 11.7. The Morgan fingerprint density at radius 3 is 1.38 bits per heavy atom. The van der Waals surface area contributed by atoms with Gasteiger partial charge < -0.3 is 27.5 Å². The van der Waals surface area contributed by atoms with Gasteiger partial charge >= 0.3 is 0 Å². The lowest BCUT2D eigenvalue weighted by Crippen LogP contribution is -2.10. The zero-order chi connectivity index (χ0) is 51.5. The van der Waals surface area contributed by atoms with E-state index in [9.17, 15) is 0 Å². The minimum Gasteiger partial charge on any atom is -0.456 e. The van der Waals surface area contributed by atoms with Crippen LogP contribution >= 0.6 is 0 Å². The first kappa shape index (κ1) is 45.4. The Morgan fingerprint density at radius 1 is 0.395 bits per heavy atom. The number of aryl methyl sites for hydroxylation is 1. The van der Waals surface area contributed by atoms with E-state index in [-0.39, 0.29) is 0 Å². The molecule has 0 unspecified atom stereocenters. The van der Waals surface area contributed by atoms with Gasteiger partial charge in [0.2, 0.25) is 0 Å². The molecule has 0 aliphatic rings. The van der Waals surface area contributed by atoms with Gasteiger partial charge in [-0.1, -0.05) is 101 Å². The Bertz CT molecular complexity index is 4690. The fraction of sp³-hybridized carbons (Fsp3) is 0.114. The maximum atomic E-state index is 6.81. The van der Waals surface area contributed by atoms with E-state index >= 15 is 0 Å². The molecule has 0 saturated carbocycles. The molecule has 0 spiro atoms. The maximum absolute atomic E-state index is 6.81. The van der Waals surface area contributed by atoms with E-state index in [1.807, 2.05) is 37.3 Å². The predicted octanol–water partition coefficient (Wildman–Crippen LogP) is 21.6. The second kappa shape index (κ2) is 17.4. The third-order valence-corrected chi connectivity index (χ3v) is 15.6. The van der Waals surface area contributed by atoms with Gasteiger partial charge in [-0.25, -0.2) is 0 Å². The average molecular weight is 987 g/mol. The van der Waals surface area contributed by atoms with Crippen LogP contribution < -0.4 is 9.80 Å². The van der Waals surface area contributed by atoms with Crippen molar-refractivity contribution in [3.63, 3.8) is 0 Å². The van der Waals surface area contributed by atoms with E-state index in [0.717, 1.165) is 149 Å². The van der Waals surface area contributed by atoms with Gasteiger partial charge in [-0.3, -0.25) is 0 Å². The third kappa shape index (κ3) is 7.23. The van der Waals surface area contributed by atoms with Crippen LogP contribution in [0.25, 0.3) is 110 Å². The zero-order valence-electron chi connectivity index (χ0n) is 43.4. The summed E-state index contributed by atoms with van der Waals surface area (Å²) in [5.74, 6) is 1.66. The molecule has 76 heavy (non-hydrogen) atoms. The summed E-state index contributed by atoms with van der Waals surface area (Å²) in [5.41, 5.74) is 16.9. The molecule has 0 N–H and O–H groups in total. The van der Waals surface area contributed by atoms with Crippen molar-refractivity contribution in [3.05, 3.63) is 217 Å². The molecule has 6 heteroatoms. The summed E-state index contributed by atoms with van der Waals surface area (Å²) >= 11 is 0. The highest BCUT2D eigenvalue weighted by Crippen LogP contribution is 2.46. The molecular weight excluding hydrogens is 933 g/mol. The minimum atomic E-state index is 0.422. The number of fused-ring (bicyclic) bond motifs is 12. The van der Waals surface area contributed by atoms with Crippen molar-refractivity contribution in [3.8, 4) is 0 Å². The van der Waals surface area contributed by atoms with Gasteiger partial charge in [-0.05, 0) is 185 Å². The summed E-state index contributed by atoms with van der Waals surface area (Å²) < 4.78 is 26.1. The molecule has 14 rings (SSSR count). The number of furan rings is 4. The van der Waals surface area contributed by atoms with Gasteiger partial charge in [0.25, 0.3) is 0 Å². The van der Waals surface area contributed by atoms with Crippen LogP contribution in [0, 0.1) is 6.92 Å². The van der Waals surface area contributed by atoms with Crippen LogP contribution in [0.15, 0.2) is 206 Å². The van der Waals surface area contributed by atoms with Gasteiger partial charge in [0.15, 0.2) is 0 Å². The normalized spacial score (nSPS) is 12.3. The van der Waals surface area contributed by atoms with Crippen LogP contribution in [0.3, 0.4) is 0 Å². The summed E-state index contributed by atoms with van der Waals surface area (Å²) in [5, 5.41) is 12.0. The first-order valence-corrected chi connectivity index (χ1v) is 26.3. The maximum Gasteiger partial charge on any atom is 0.139 e. The number of hydrogen-bond acceptors (Lipinski definition) is 6. The van der Waals surface area contributed by atoms with Crippen molar-refractivity contribution < 1.29 is 17.7 Å². The molecule has 0 saturated heterocycles. The molecule has 0 radical (unpaired) electrons. The van der Waals surface area contributed by atoms with Crippen molar-refractivity contribution >= 4 is 145 Å². The van der Waals surface area contributed by atoms with Crippen molar-refractivity contribution in [2.45, 2.75) is 53.4 Å². The van der Waals surface area contributed by atoms with Gasteiger partial charge in [0.1, 0.15) is 44.8 Å². The monoisotopic (exact) mass is 986 g/mol. The summed E-state index contributed by atoms with van der Waals surface area (Å²) in [4.78, 5) is 4.66. The van der Waals surface area contributed by atoms with Crippen LogP contribution in [0.5, 0.6) is 0 Å². The number of hydrogen-bond donors (Lipinski definition) is 0. The van der Waals surface area contributed by atoms with Crippen molar-refractivity contribution in [2.75, 3.05) is 9.80 Å². The van der Waals surface area contributed by atoms with Crippen LogP contribution in [0.2, 0.25) is 0 Å². The molecule has 4 heterocycles. The fourth-order valence-electron chi connectivity index (χ4n) is 11.7. The highest BCUT2D eigenvalue weighted by Gasteiger charge is 2.23. The highest BCUT2D eigenvalue weighted by atomic mass is 16.3. The summed E-state index contributed by atoms with van der Waals surface area (Å²) in [6.07, 6.45) is 5.87. The number of para-hydroxylation sites is 1. The SMILES string of the molecule is C=Cc1c(/C=C\C)oc2ccc(N(c3ccc(C(C)C)cc3)c3ccc4cc5c(cc4c3)oc3cc4oc6cc7cc(N(c8ccc(C(C)C)cc8)c8ccc9oc%10ccccc%10c9c8)ccc7cc6c4c(C)c35)cc12. The highest BCUT2D eigenvalue weighted by molar-refractivity contribution is 6.21. The Hall–Kier alpha value is -9.26. The standard InChI is InChI=1S/C70H54N2O4/c1-8-12-61-55(9-2)57-37-53(27-29-63(57)73-61)71(49-21-15-43(16-22-49)40(3)4)51-25-19-45-33-59-65(35-47(45)31-51)75-67-39-68-70(42(7)69(59)67)60-34-46-20-26-52(32-48(46)36-66(60)76-68)72(50-23-17-44(18-24-50)41(5)6)54-28-30-64-58(38-54)56-13-10-11-14-62(56)74-64/h8-41H,2H2,1,3-7H3/b12-8-. The third-order valence-electron chi connectivity index (χ3n) is 15.6. The molecule has 368 valence electrons. The molecule has 4 aromatic heterocycles. The van der Waals surface area contributed by atoms with Gasteiger partial charge in [-0.15, -0.1) is 0 Å². The Kier molecular flexibility index (Phi) is 10.4. The lowest BCUT2D eigenvalue weighted by molar-refractivity contribution is 0.603. The predicted molar refractivity (Wildman–Crippen MR) is 320 cm³/mol. The molecule has 0 amide bonds. The molecule has 0 bridgehead atoms.